The molecule has 76 valence electrons. The number of hydrogen-bond donors (Lipinski definition) is 1. The van der Waals surface area contributed by atoms with E-state index in [2.05, 4.69) is 27.6 Å². The normalized spacial score (nSPS) is 10.5. The highest BCUT2D eigenvalue weighted by atomic mass is 127. The first kappa shape index (κ1) is 10.6. The van der Waals surface area contributed by atoms with E-state index < -0.39 is 5.97 Å². The van der Waals surface area contributed by atoms with Crippen molar-refractivity contribution in [3.8, 4) is 0 Å². The van der Waals surface area contributed by atoms with E-state index in [0.717, 1.165) is 8.96 Å². The Morgan fingerprint density at radius 2 is 2.13 bits per heavy atom. The Labute approximate surface area is 104 Å². The Morgan fingerprint density at radius 1 is 1.40 bits per heavy atom. The van der Waals surface area contributed by atoms with E-state index in [-0.39, 0.29) is 10.7 Å². The molecule has 0 radical (unpaired) electrons. The van der Waals surface area contributed by atoms with Crippen molar-refractivity contribution in [2.24, 2.45) is 0 Å². The lowest BCUT2D eigenvalue weighted by Crippen LogP contribution is -1.99. The third kappa shape index (κ3) is 2.05. The smallest absolute Gasteiger partial charge is 0.338 e. The summed E-state index contributed by atoms with van der Waals surface area (Å²) in [5.41, 5.74) is 0.733. The molecule has 1 aromatic heterocycles. The number of aromatic carboxylic acids is 1. The lowest BCUT2D eigenvalue weighted by molar-refractivity contribution is 0.0697. The SMILES string of the molecule is O=C(O)c1cc2cc(I)ccc2nc1Cl. The Bertz CT molecular complexity index is 556. The van der Waals surface area contributed by atoms with E-state index in [0.29, 0.717) is 5.52 Å². The zero-order valence-electron chi connectivity index (χ0n) is 7.37. The number of pyridine rings is 1. The fraction of sp³-hybridized carbons (Fsp3) is 0. The van der Waals surface area contributed by atoms with Crippen molar-refractivity contribution in [1.82, 2.24) is 4.98 Å². The first-order valence-corrected chi connectivity index (χ1v) is 5.53. The molecule has 0 aliphatic heterocycles. The van der Waals surface area contributed by atoms with Gasteiger partial charge in [-0.25, -0.2) is 9.78 Å². The molecule has 0 fully saturated rings. The molecule has 2 rings (SSSR count). The van der Waals surface area contributed by atoms with Crippen molar-refractivity contribution in [2.45, 2.75) is 0 Å². The van der Waals surface area contributed by atoms with E-state index >= 15 is 0 Å². The summed E-state index contributed by atoms with van der Waals surface area (Å²) in [4.78, 5) is 14.8. The zero-order valence-corrected chi connectivity index (χ0v) is 10.3. The van der Waals surface area contributed by atoms with Crippen LogP contribution in [-0.4, -0.2) is 16.1 Å². The van der Waals surface area contributed by atoms with Crippen LogP contribution in [0.4, 0.5) is 0 Å². The first-order valence-electron chi connectivity index (χ1n) is 4.07. The minimum atomic E-state index is -1.06. The maximum atomic E-state index is 10.8. The van der Waals surface area contributed by atoms with E-state index in [1.807, 2.05) is 18.2 Å². The van der Waals surface area contributed by atoms with Crippen LogP contribution in [0.15, 0.2) is 24.3 Å². The maximum Gasteiger partial charge on any atom is 0.338 e. The largest absolute Gasteiger partial charge is 0.478 e. The van der Waals surface area contributed by atoms with Gasteiger partial charge in [0.1, 0.15) is 5.15 Å². The van der Waals surface area contributed by atoms with Crippen LogP contribution in [0.3, 0.4) is 0 Å². The Morgan fingerprint density at radius 3 is 2.80 bits per heavy atom. The average Bonchev–Trinajstić information content (AvgIpc) is 2.17. The van der Waals surface area contributed by atoms with Gasteiger partial charge in [-0.2, -0.15) is 0 Å². The standard InChI is InChI=1S/C10H5ClINO2/c11-9-7(10(14)15)4-5-3-6(12)1-2-8(5)13-9/h1-4H,(H,14,15). The second kappa shape index (κ2) is 3.94. The summed E-state index contributed by atoms with van der Waals surface area (Å²) in [6, 6.07) is 7.11. The summed E-state index contributed by atoms with van der Waals surface area (Å²) in [6.45, 7) is 0. The lowest BCUT2D eigenvalue weighted by Gasteiger charge is -2.02. The van der Waals surface area contributed by atoms with Crippen LogP contribution in [0.1, 0.15) is 10.4 Å². The van der Waals surface area contributed by atoms with Crippen LogP contribution >= 0.6 is 34.2 Å². The summed E-state index contributed by atoms with van der Waals surface area (Å²) in [5.74, 6) is -1.06. The maximum absolute atomic E-state index is 10.8. The molecular formula is C10H5ClINO2. The van der Waals surface area contributed by atoms with Gasteiger partial charge in [-0.15, -0.1) is 0 Å². The minimum absolute atomic E-state index is 0.0243. The number of benzene rings is 1. The molecule has 1 N–H and O–H groups in total. The Balaban J connectivity index is 2.77. The highest BCUT2D eigenvalue weighted by Crippen LogP contribution is 2.22. The predicted octanol–water partition coefficient (Wildman–Crippen LogP) is 3.19. The van der Waals surface area contributed by atoms with Gasteiger partial charge in [0.2, 0.25) is 0 Å². The van der Waals surface area contributed by atoms with Crippen LogP contribution < -0.4 is 0 Å². The molecule has 0 atom stereocenters. The van der Waals surface area contributed by atoms with Crippen LogP contribution in [0.2, 0.25) is 5.15 Å². The third-order valence-electron chi connectivity index (χ3n) is 1.96. The summed E-state index contributed by atoms with van der Waals surface area (Å²) in [7, 11) is 0. The lowest BCUT2D eigenvalue weighted by atomic mass is 10.1. The summed E-state index contributed by atoms with van der Waals surface area (Å²) >= 11 is 7.90. The number of rotatable bonds is 1. The highest BCUT2D eigenvalue weighted by molar-refractivity contribution is 14.1. The molecular weight excluding hydrogens is 328 g/mol. The van der Waals surface area contributed by atoms with Gasteiger partial charge in [0.15, 0.2) is 0 Å². The van der Waals surface area contributed by atoms with Crippen molar-refractivity contribution < 1.29 is 9.90 Å². The Kier molecular flexibility index (Phi) is 2.79. The number of carboxylic acids is 1. The molecule has 0 amide bonds. The third-order valence-corrected chi connectivity index (χ3v) is 2.92. The van der Waals surface area contributed by atoms with Gasteiger partial charge >= 0.3 is 5.97 Å². The second-order valence-electron chi connectivity index (χ2n) is 2.97. The molecule has 0 aliphatic carbocycles. The molecule has 15 heavy (non-hydrogen) atoms. The van der Waals surface area contributed by atoms with Crippen LogP contribution in [0, 0.1) is 3.57 Å². The van der Waals surface area contributed by atoms with E-state index in [9.17, 15) is 4.79 Å². The quantitative estimate of drug-likeness (QED) is 0.644. The minimum Gasteiger partial charge on any atom is -0.478 e. The molecule has 0 unspecified atom stereocenters. The van der Waals surface area contributed by atoms with Crippen molar-refractivity contribution in [3.05, 3.63) is 38.6 Å². The molecule has 1 heterocycles. The molecule has 0 aliphatic rings. The van der Waals surface area contributed by atoms with Gasteiger partial charge in [0.25, 0.3) is 0 Å². The van der Waals surface area contributed by atoms with Crippen LogP contribution in [0.5, 0.6) is 0 Å². The van der Waals surface area contributed by atoms with Crippen molar-refractivity contribution in [1.29, 1.82) is 0 Å². The van der Waals surface area contributed by atoms with Crippen molar-refractivity contribution in [2.75, 3.05) is 0 Å². The molecule has 0 saturated carbocycles. The van der Waals surface area contributed by atoms with Gasteiger partial charge in [0, 0.05) is 8.96 Å². The van der Waals surface area contributed by atoms with Gasteiger partial charge in [-0.05, 0) is 46.9 Å². The molecule has 2 aromatic rings. The number of fused-ring (bicyclic) bond motifs is 1. The topological polar surface area (TPSA) is 50.2 Å². The van der Waals surface area contributed by atoms with E-state index in [1.54, 1.807) is 0 Å². The summed E-state index contributed by atoms with van der Waals surface area (Å²) < 4.78 is 1.03. The molecule has 0 spiro atoms. The number of nitrogens with zero attached hydrogens (tertiary/aromatic N) is 1. The van der Waals surface area contributed by atoms with Gasteiger partial charge in [0.05, 0.1) is 11.1 Å². The zero-order chi connectivity index (χ0) is 11.0. The number of carboxylic acid groups (broad SMARTS) is 1. The number of carbonyl (C=O) groups is 1. The molecule has 0 bridgehead atoms. The molecule has 5 heteroatoms. The number of aromatic nitrogens is 1. The number of halogens is 2. The molecule has 0 saturated heterocycles. The van der Waals surface area contributed by atoms with Gasteiger partial charge in [-0.3, -0.25) is 0 Å². The van der Waals surface area contributed by atoms with Crippen molar-refractivity contribution >= 4 is 51.1 Å². The number of hydrogen-bond acceptors (Lipinski definition) is 2. The fourth-order valence-corrected chi connectivity index (χ4v) is 2.02. The Hall–Kier alpha value is -0.880. The molecule has 1 aromatic carbocycles. The average molecular weight is 334 g/mol. The second-order valence-corrected chi connectivity index (χ2v) is 4.57. The van der Waals surface area contributed by atoms with Crippen molar-refractivity contribution in [3.63, 3.8) is 0 Å². The van der Waals surface area contributed by atoms with Gasteiger partial charge in [-0.1, -0.05) is 11.6 Å². The summed E-state index contributed by atoms with van der Waals surface area (Å²) in [6.07, 6.45) is 0. The van der Waals surface area contributed by atoms with Gasteiger partial charge < -0.3 is 5.11 Å². The summed E-state index contributed by atoms with van der Waals surface area (Å²) in [5, 5.41) is 9.67. The fourth-order valence-electron chi connectivity index (χ4n) is 1.27. The van der Waals surface area contributed by atoms with E-state index in [1.165, 1.54) is 6.07 Å². The predicted molar refractivity (Wildman–Crippen MR) is 66.4 cm³/mol. The highest BCUT2D eigenvalue weighted by Gasteiger charge is 2.11. The molecule has 3 nitrogen and oxygen atoms in total. The van der Waals surface area contributed by atoms with Crippen LogP contribution in [0.25, 0.3) is 10.9 Å². The van der Waals surface area contributed by atoms with E-state index in [4.69, 9.17) is 16.7 Å². The monoisotopic (exact) mass is 333 g/mol. The van der Waals surface area contributed by atoms with Crippen LogP contribution in [-0.2, 0) is 0 Å². The first-order chi connectivity index (χ1) is 7.08.